The normalized spacial score (nSPS) is 13.6. The minimum atomic E-state index is -3.31. The van der Waals surface area contributed by atoms with Crippen LogP contribution in [0, 0.1) is 6.92 Å². The molecule has 0 atom stereocenters. The van der Waals surface area contributed by atoms with E-state index < -0.39 is 10.0 Å². The number of fused-ring (bicyclic) bond motifs is 1. The molecular formula is C26H25N7O2S2. The van der Waals surface area contributed by atoms with Gasteiger partial charge >= 0.3 is 0 Å². The summed E-state index contributed by atoms with van der Waals surface area (Å²) in [7, 11) is -3.31. The first-order chi connectivity index (χ1) is 18.0. The maximum Gasteiger partial charge on any atom is 0.229 e. The third-order valence-electron chi connectivity index (χ3n) is 6.18. The summed E-state index contributed by atoms with van der Waals surface area (Å²) in [4.78, 5) is 18.6. The molecule has 1 aliphatic carbocycles. The van der Waals surface area contributed by atoms with E-state index in [-0.39, 0.29) is 11.9 Å². The number of anilines is 3. The average molecular weight is 532 g/mol. The summed E-state index contributed by atoms with van der Waals surface area (Å²) in [6.45, 7) is 1.97. The first-order valence-corrected chi connectivity index (χ1v) is 14.4. The third kappa shape index (κ3) is 5.06. The second-order valence-electron chi connectivity index (χ2n) is 8.90. The Morgan fingerprint density at radius 2 is 1.86 bits per heavy atom. The smallest absolute Gasteiger partial charge is 0.229 e. The standard InChI is InChI=1S/C26H25N7O2S2/c1-16-23(17-6-3-2-4-7-17)32-26(33-24(16)27-15-28-37(34,35)19-10-11-19)29-18-9-12-20-21(14-18)31-25(30-20)22-8-5-13-36-22/h2-9,12-14,19,28H,10-11,15H2,1H3,(H,30,31)(H2,27,29,32,33). The van der Waals surface area contributed by atoms with Crippen LogP contribution in [-0.4, -0.2) is 40.3 Å². The van der Waals surface area contributed by atoms with Crippen LogP contribution in [0.2, 0.25) is 0 Å². The molecular weight excluding hydrogens is 506 g/mol. The van der Waals surface area contributed by atoms with Gasteiger partial charge in [0.15, 0.2) is 0 Å². The van der Waals surface area contributed by atoms with Crippen LogP contribution >= 0.6 is 11.3 Å². The van der Waals surface area contributed by atoms with E-state index in [2.05, 4.69) is 30.3 Å². The molecule has 2 aromatic carbocycles. The first-order valence-electron chi connectivity index (χ1n) is 11.9. The zero-order valence-electron chi connectivity index (χ0n) is 20.0. The van der Waals surface area contributed by atoms with Gasteiger partial charge in [0.2, 0.25) is 16.0 Å². The molecule has 188 valence electrons. The van der Waals surface area contributed by atoms with E-state index in [4.69, 9.17) is 4.98 Å². The number of imidazole rings is 1. The SMILES string of the molecule is Cc1c(NCNS(=O)(=O)C2CC2)nc(Nc2ccc3nc(-c4cccs4)[nH]c3c2)nc1-c1ccccc1. The number of hydrogen-bond donors (Lipinski definition) is 4. The van der Waals surface area contributed by atoms with Crippen molar-refractivity contribution >= 4 is 49.8 Å². The monoisotopic (exact) mass is 531 g/mol. The van der Waals surface area contributed by atoms with Gasteiger partial charge in [-0.25, -0.2) is 18.4 Å². The number of aromatic amines is 1. The van der Waals surface area contributed by atoms with Crippen molar-refractivity contribution in [1.29, 1.82) is 0 Å². The van der Waals surface area contributed by atoms with Gasteiger partial charge in [-0.1, -0.05) is 36.4 Å². The van der Waals surface area contributed by atoms with Crippen LogP contribution in [0.3, 0.4) is 0 Å². The Kier molecular flexibility index (Phi) is 6.11. The molecule has 0 bridgehead atoms. The minimum absolute atomic E-state index is 0.0515. The average Bonchev–Trinajstić information content (AvgIpc) is 3.47. The van der Waals surface area contributed by atoms with Crippen molar-refractivity contribution in [2.24, 2.45) is 0 Å². The number of hydrogen-bond acceptors (Lipinski definition) is 8. The topological polar surface area (TPSA) is 125 Å². The predicted octanol–water partition coefficient (Wildman–Crippen LogP) is 5.25. The molecule has 0 saturated heterocycles. The molecule has 5 aromatic rings. The van der Waals surface area contributed by atoms with Crippen molar-refractivity contribution in [1.82, 2.24) is 24.7 Å². The Morgan fingerprint density at radius 3 is 2.62 bits per heavy atom. The molecule has 1 fully saturated rings. The molecule has 3 aromatic heterocycles. The van der Waals surface area contributed by atoms with E-state index >= 15 is 0 Å². The highest BCUT2D eigenvalue weighted by atomic mass is 32.2. The number of sulfonamides is 1. The van der Waals surface area contributed by atoms with Crippen LogP contribution in [0.4, 0.5) is 17.5 Å². The molecule has 1 aliphatic rings. The molecule has 0 radical (unpaired) electrons. The number of thiophene rings is 1. The highest BCUT2D eigenvalue weighted by Gasteiger charge is 2.35. The van der Waals surface area contributed by atoms with Crippen molar-refractivity contribution in [2.45, 2.75) is 25.0 Å². The Labute approximate surface area is 218 Å². The van der Waals surface area contributed by atoms with Gasteiger partial charge in [0.1, 0.15) is 11.6 Å². The van der Waals surface area contributed by atoms with Gasteiger partial charge in [-0.15, -0.1) is 11.3 Å². The summed E-state index contributed by atoms with van der Waals surface area (Å²) in [6, 6.07) is 19.7. The Morgan fingerprint density at radius 1 is 1.03 bits per heavy atom. The van der Waals surface area contributed by atoms with E-state index in [1.54, 1.807) is 11.3 Å². The molecule has 0 aliphatic heterocycles. The van der Waals surface area contributed by atoms with Gasteiger partial charge in [0.05, 0.1) is 33.5 Å². The lowest BCUT2D eigenvalue weighted by Crippen LogP contribution is -2.32. The second-order valence-corrected chi connectivity index (χ2v) is 11.9. The van der Waals surface area contributed by atoms with Gasteiger partial charge in [-0.3, -0.25) is 0 Å². The number of H-pyrrole nitrogens is 1. The summed E-state index contributed by atoms with van der Waals surface area (Å²) in [5.74, 6) is 1.78. The molecule has 3 heterocycles. The first kappa shape index (κ1) is 23.6. The van der Waals surface area contributed by atoms with E-state index in [9.17, 15) is 8.42 Å². The van der Waals surface area contributed by atoms with Crippen LogP contribution in [0.1, 0.15) is 18.4 Å². The van der Waals surface area contributed by atoms with E-state index in [1.807, 2.05) is 73.0 Å². The Balaban J connectivity index is 1.30. The maximum absolute atomic E-state index is 12.2. The van der Waals surface area contributed by atoms with Crippen LogP contribution in [-0.2, 0) is 10.0 Å². The van der Waals surface area contributed by atoms with Crippen LogP contribution in [0.5, 0.6) is 0 Å². The van der Waals surface area contributed by atoms with Crippen molar-refractivity contribution in [2.75, 3.05) is 17.3 Å². The Bertz CT molecular complexity index is 1660. The van der Waals surface area contributed by atoms with E-state index in [0.717, 1.165) is 44.2 Å². The lowest BCUT2D eigenvalue weighted by Gasteiger charge is -2.15. The van der Waals surface area contributed by atoms with Crippen molar-refractivity contribution in [3.8, 4) is 22.0 Å². The largest absolute Gasteiger partial charge is 0.356 e. The number of aromatic nitrogens is 4. The fourth-order valence-electron chi connectivity index (χ4n) is 4.08. The predicted molar refractivity (Wildman–Crippen MR) is 148 cm³/mol. The summed E-state index contributed by atoms with van der Waals surface area (Å²) in [6.07, 6.45) is 1.42. The van der Waals surface area contributed by atoms with Crippen LogP contribution in [0.25, 0.3) is 33.0 Å². The number of benzene rings is 2. The minimum Gasteiger partial charge on any atom is -0.356 e. The van der Waals surface area contributed by atoms with Gasteiger partial charge in [0, 0.05) is 16.8 Å². The van der Waals surface area contributed by atoms with Crippen molar-refractivity contribution < 1.29 is 8.42 Å². The Hall–Kier alpha value is -3.80. The lowest BCUT2D eigenvalue weighted by atomic mass is 10.1. The quantitative estimate of drug-likeness (QED) is 0.191. The highest BCUT2D eigenvalue weighted by Crippen LogP contribution is 2.30. The van der Waals surface area contributed by atoms with Crippen LogP contribution < -0.4 is 15.4 Å². The second kappa shape index (κ2) is 9.58. The zero-order chi connectivity index (χ0) is 25.4. The van der Waals surface area contributed by atoms with Gasteiger partial charge in [0.25, 0.3) is 0 Å². The fraction of sp³-hybridized carbons (Fsp3) is 0.192. The van der Waals surface area contributed by atoms with Gasteiger partial charge in [-0.2, -0.15) is 9.71 Å². The summed E-state index contributed by atoms with van der Waals surface area (Å²) in [5, 5.41) is 8.19. The third-order valence-corrected chi connectivity index (χ3v) is 8.95. The van der Waals surface area contributed by atoms with E-state index in [0.29, 0.717) is 24.6 Å². The molecule has 4 N–H and O–H groups in total. The van der Waals surface area contributed by atoms with E-state index in [1.165, 1.54) is 0 Å². The van der Waals surface area contributed by atoms with Gasteiger partial charge in [-0.05, 0) is 49.4 Å². The molecule has 37 heavy (non-hydrogen) atoms. The molecule has 0 amide bonds. The fourth-order valence-corrected chi connectivity index (χ4v) is 6.02. The van der Waals surface area contributed by atoms with Crippen molar-refractivity contribution in [3.63, 3.8) is 0 Å². The summed E-state index contributed by atoms with van der Waals surface area (Å²) < 4.78 is 27.1. The molecule has 9 nitrogen and oxygen atoms in total. The molecule has 0 spiro atoms. The number of nitrogens with zero attached hydrogens (tertiary/aromatic N) is 3. The molecule has 1 saturated carbocycles. The zero-order valence-corrected chi connectivity index (χ0v) is 21.7. The summed E-state index contributed by atoms with van der Waals surface area (Å²) in [5.41, 5.74) is 5.10. The highest BCUT2D eigenvalue weighted by molar-refractivity contribution is 7.90. The molecule has 11 heteroatoms. The maximum atomic E-state index is 12.2. The summed E-state index contributed by atoms with van der Waals surface area (Å²) >= 11 is 1.63. The van der Waals surface area contributed by atoms with Gasteiger partial charge < -0.3 is 15.6 Å². The molecule has 6 rings (SSSR count). The lowest BCUT2D eigenvalue weighted by molar-refractivity contribution is 0.583. The van der Waals surface area contributed by atoms with Crippen LogP contribution in [0.15, 0.2) is 66.0 Å². The molecule has 0 unspecified atom stereocenters. The van der Waals surface area contributed by atoms with Crippen molar-refractivity contribution in [3.05, 3.63) is 71.6 Å². The number of rotatable bonds is 9. The number of nitrogens with one attached hydrogen (secondary N) is 4.